The minimum Gasteiger partial charge on any atom is -0.493 e. The van der Waals surface area contributed by atoms with Gasteiger partial charge in [-0.25, -0.2) is 0 Å². The maximum absolute atomic E-state index is 12.6. The second-order valence-electron chi connectivity index (χ2n) is 7.20. The molecule has 0 atom stereocenters. The maximum Gasteiger partial charge on any atom is 0.253 e. The monoisotopic (exact) mass is 396 g/mol. The van der Waals surface area contributed by atoms with Gasteiger partial charge in [-0.15, -0.1) is 0 Å². The first-order chi connectivity index (χ1) is 14.1. The molecular formula is C23H28N2O4. The van der Waals surface area contributed by atoms with Crippen LogP contribution in [0.1, 0.15) is 48.0 Å². The molecule has 0 spiro atoms. The lowest BCUT2D eigenvalue weighted by atomic mass is 10.1. The predicted molar refractivity (Wildman–Crippen MR) is 113 cm³/mol. The van der Waals surface area contributed by atoms with Gasteiger partial charge in [-0.05, 0) is 43.0 Å². The van der Waals surface area contributed by atoms with E-state index in [1.807, 2.05) is 24.3 Å². The number of hydrogen-bond donors (Lipinski definition) is 2. The number of anilines is 1. The summed E-state index contributed by atoms with van der Waals surface area (Å²) in [6, 6.07) is 13.0. The third kappa shape index (κ3) is 5.28. The number of benzene rings is 2. The molecule has 1 saturated carbocycles. The summed E-state index contributed by atoms with van der Waals surface area (Å²) in [4.78, 5) is 25.2. The molecule has 1 aliphatic rings. The van der Waals surface area contributed by atoms with E-state index in [9.17, 15) is 9.59 Å². The van der Waals surface area contributed by atoms with Crippen LogP contribution in [-0.4, -0.2) is 32.1 Å². The van der Waals surface area contributed by atoms with E-state index in [1.165, 1.54) is 0 Å². The van der Waals surface area contributed by atoms with Crippen LogP contribution >= 0.6 is 0 Å². The van der Waals surface area contributed by atoms with E-state index in [-0.39, 0.29) is 24.3 Å². The van der Waals surface area contributed by atoms with Gasteiger partial charge in [-0.2, -0.15) is 0 Å². The molecule has 2 aromatic rings. The standard InChI is InChI=1S/C23H28N2O4/c1-28-20-13-7-8-16(22(20)29-2)14-15-21(26)25-19-12-6-5-11-18(19)23(27)24-17-9-3-4-10-17/h5-8,11-13,17H,3-4,9-10,14-15H2,1-2H3,(H,24,27)(H,25,26). The van der Waals surface area contributed by atoms with Gasteiger partial charge in [0.05, 0.1) is 25.5 Å². The minimum atomic E-state index is -0.156. The molecule has 0 unspecified atom stereocenters. The first-order valence-corrected chi connectivity index (χ1v) is 10.0. The van der Waals surface area contributed by atoms with Crippen molar-refractivity contribution in [1.82, 2.24) is 5.32 Å². The second kappa shape index (κ2) is 9.96. The fraction of sp³-hybridized carbons (Fsp3) is 0.391. The van der Waals surface area contributed by atoms with E-state index >= 15 is 0 Å². The predicted octanol–water partition coefficient (Wildman–Crippen LogP) is 3.95. The highest BCUT2D eigenvalue weighted by Gasteiger charge is 2.20. The topological polar surface area (TPSA) is 76.7 Å². The molecular weight excluding hydrogens is 368 g/mol. The van der Waals surface area contributed by atoms with Gasteiger partial charge in [0.2, 0.25) is 5.91 Å². The van der Waals surface area contributed by atoms with E-state index in [0.717, 1.165) is 31.2 Å². The molecule has 2 amide bonds. The quantitative estimate of drug-likeness (QED) is 0.708. The third-order valence-electron chi connectivity index (χ3n) is 5.24. The number of para-hydroxylation sites is 2. The molecule has 6 nitrogen and oxygen atoms in total. The van der Waals surface area contributed by atoms with Crippen LogP contribution in [0.5, 0.6) is 11.5 Å². The van der Waals surface area contributed by atoms with Crippen LogP contribution < -0.4 is 20.1 Å². The number of hydrogen-bond acceptors (Lipinski definition) is 4. The van der Waals surface area contributed by atoms with Crippen LogP contribution in [0, 0.1) is 0 Å². The lowest BCUT2D eigenvalue weighted by molar-refractivity contribution is -0.116. The van der Waals surface area contributed by atoms with E-state index in [2.05, 4.69) is 10.6 Å². The Morgan fingerprint density at radius 2 is 1.76 bits per heavy atom. The van der Waals surface area contributed by atoms with Crippen molar-refractivity contribution in [2.45, 2.75) is 44.6 Å². The van der Waals surface area contributed by atoms with E-state index in [4.69, 9.17) is 9.47 Å². The molecule has 0 aliphatic heterocycles. The molecule has 6 heteroatoms. The molecule has 29 heavy (non-hydrogen) atoms. The van der Waals surface area contributed by atoms with Gasteiger partial charge in [0.1, 0.15) is 0 Å². The number of aryl methyl sites for hydroxylation is 1. The molecule has 154 valence electrons. The Hall–Kier alpha value is -3.02. The first kappa shape index (κ1) is 20.7. The summed E-state index contributed by atoms with van der Waals surface area (Å²) in [5, 5.41) is 5.95. The first-order valence-electron chi connectivity index (χ1n) is 10.0. The molecule has 2 N–H and O–H groups in total. The van der Waals surface area contributed by atoms with Crippen LogP contribution in [0.25, 0.3) is 0 Å². The van der Waals surface area contributed by atoms with Crippen molar-refractivity contribution < 1.29 is 19.1 Å². The van der Waals surface area contributed by atoms with Crippen molar-refractivity contribution in [3.63, 3.8) is 0 Å². The van der Waals surface area contributed by atoms with Crippen molar-refractivity contribution in [3.8, 4) is 11.5 Å². The number of carbonyl (C=O) groups excluding carboxylic acids is 2. The third-order valence-corrected chi connectivity index (χ3v) is 5.24. The summed E-state index contributed by atoms with van der Waals surface area (Å²) in [6.07, 6.45) is 5.10. The van der Waals surface area contributed by atoms with Gasteiger partial charge >= 0.3 is 0 Å². The Labute approximate surface area is 171 Å². The van der Waals surface area contributed by atoms with Crippen molar-refractivity contribution in [1.29, 1.82) is 0 Å². The highest BCUT2D eigenvalue weighted by Crippen LogP contribution is 2.31. The average molecular weight is 396 g/mol. The summed E-state index contributed by atoms with van der Waals surface area (Å²) >= 11 is 0. The molecule has 1 fully saturated rings. The Balaban J connectivity index is 1.63. The van der Waals surface area contributed by atoms with Crippen LogP contribution in [-0.2, 0) is 11.2 Å². The lowest BCUT2D eigenvalue weighted by Gasteiger charge is -2.15. The van der Waals surface area contributed by atoms with Crippen LogP contribution in [0.15, 0.2) is 42.5 Å². The number of rotatable bonds is 8. The van der Waals surface area contributed by atoms with Crippen molar-refractivity contribution in [2.75, 3.05) is 19.5 Å². The largest absolute Gasteiger partial charge is 0.493 e. The molecule has 0 bridgehead atoms. The van der Waals surface area contributed by atoms with Crippen molar-refractivity contribution >= 4 is 17.5 Å². The molecule has 2 aromatic carbocycles. The summed E-state index contributed by atoms with van der Waals surface area (Å²) in [5.41, 5.74) is 1.92. The fourth-order valence-electron chi connectivity index (χ4n) is 3.73. The van der Waals surface area contributed by atoms with Crippen molar-refractivity contribution in [3.05, 3.63) is 53.6 Å². The Morgan fingerprint density at radius 1 is 1.00 bits per heavy atom. The summed E-state index contributed by atoms with van der Waals surface area (Å²) in [5.74, 6) is 0.983. The number of carbonyl (C=O) groups is 2. The molecule has 0 saturated heterocycles. The van der Waals surface area contributed by atoms with E-state index < -0.39 is 0 Å². The van der Waals surface area contributed by atoms with Gasteiger partial charge in [0.25, 0.3) is 5.91 Å². The highest BCUT2D eigenvalue weighted by atomic mass is 16.5. The minimum absolute atomic E-state index is 0.137. The zero-order chi connectivity index (χ0) is 20.6. The molecule has 1 aliphatic carbocycles. The Kier molecular flexibility index (Phi) is 7.11. The molecule has 3 rings (SSSR count). The summed E-state index contributed by atoms with van der Waals surface area (Å²) < 4.78 is 10.7. The Morgan fingerprint density at radius 3 is 2.48 bits per heavy atom. The van der Waals surface area contributed by atoms with E-state index in [0.29, 0.717) is 29.2 Å². The van der Waals surface area contributed by atoms with Gasteiger partial charge in [-0.1, -0.05) is 37.1 Å². The lowest BCUT2D eigenvalue weighted by Crippen LogP contribution is -2.33. The average Bonchev–Trinajstić information content (AvgIpc) is 3.25. The van der Waals surface area contributed by atoms with Gasteiger partial charge in [0, 0.05) is 12.5 Å². The fourth-order valence-corrected chi connectivity index (χ4v) is 3.73. The number of amides is 2. The van der Waals surface area contributed by atoms with Crippen LogP contribution in [0.2, 0.25) is 0 Å². The van der Waals surface area contributed by atoms with Gasteiger partial charge in [0.15, 0.2) is 11.5 Å². The smallest absolute Gasteiger partial charge is 0.253 e. The second-order valence-corrected chi connectivity index (χ2v) is 7.20. The highest BCUT2D eigenvalue weighted by molar-refractivity contribution is 6.03. The zero-order valence-electron chi connectivity index (χ0n) is 17.0. The molecule has 0 heterocycles. The van der Waals surface area contributed by atoms with Crippen molar-refractivity contribution in [2.24, 2.45) is 0 Å². The molecule has 0 aromatic heterocycles. The SMILES string of the molecule is COc1cccc(CCC(=O)Nc2ccccc2C(=O)NC2CCCC2)c1OC. The van der Waals surface area contributed by atoms with Crippen LogP contribution in [0.4, 0.5) is 5.69 Å². The number of methoxy groups -OCH3 is 2. The van der Waals surface area contributed by atoms with Gasteiger partial charge < -0.3 is 20.1 Å². The number of ether oxygens (including phenoxy) is 2. The summed E-state index contributed by atoms with van der Waals surface area (Å²) in [7, 11) is 3.17. The summed E-state index contributed by atoms with van der Waals surface area (Å²) in [6.45, 7) is 0. The van der Waals surface area contributed by atoms with Gasteiger partial charge in [-0.3, -0.25) is 9.59 Å². The molecule has 0 radical (unpaired) electrons. The zero-order valence-corrected chi connectivity index (χ0v) is 17.0. The van der Waals surface area contributed by atoms with E-state index in [1.54, 1.807) is 32.4 Å². The normalized spacial score (nSPS) is 13.7. The Bertz CT molecular complexity index is 860. The maximum atomic E-state index is 12.6. The van der Waals surface area contributed by atoms with Crippen LogP contribution in [0.3, 0.4) is 0 Å². The number of nitrogens with one attached hydrogen (secondary N) is 2.